The van der Waals surface area contributed by atoms with Gasteiger partial charge in [-0.2, -0.15) is 5.26 Å². The van der Waals surface area contributed by atoms with Crippen LogP contribution in [0.3, 0.4) is 0 Å². The molecule has 74 valence electrons. The Balaban J connectivity index is 3.03. The molecule has 0 saturated carbocycles. The van der Waals surface area contributed by atoms with Gasteiger partial charge in [0.25, 0.3) is 6.43 Å². The second-order valence-corrected chi connectivity index (χ2v) is 3.63. The molecule has 14 heavy (non-hydrogen) atoms. The first-order chi connectivity index (χ1) is 6.66. The normalized spacial score (nSPS) is 10.2. The molecule has 0 spiro atoms. The summed E-state index contributed by atoms with van der Waals surface area (Å²) in [6, 6.07) is 6.85. The molecule has 0 unspecified atom stereocenters. The van der Waals surface area contributed by atoms with E-state index in [4.69, 9.17) is 5.26 Å². The Hall–Kier alpha value is -0.950. The molecule has 4 heteroatoms. The van der Waals surface area contributed by atoms with Gasteiger partial charge < -0.3 is 0 Å². The summed E-state index contributed by atoms with van der Waals surface area (Å²) in [7, 11) is 0. The summed E-state index contributed by atoms with van der Waals surface area (Å²) in [6.07, 6.45) is -1.87. The summed E-state index contributed by atoms with van der Waals surface area (Å²) in [4.78, 5) is 0. The number of alkyl halides is 2. The van der Waals surface area contributed by atoms with Crippen LogP contribution in [0.2, 0.25) is 0 Å². The lowest BCUT2D eigenvalue weighted by atomic mass is 10.0. The maximum absolute atomic E-state index is 12.6. The van der Waals surface area contributed by atoms with Gasteiger partial charge in [0, 0.05) is 16.5 Å². The Kier molecular flexibility index (Phi) is 4.02. The Morgan fingerprint density at radius 2 is 2.14 bits per heavy atom. The Morgan fingerprint density at radius 1 is 1.43 bits per heavy atom. The smallest absolute Gasteiger partial charge is 0.205 e. The Bertz CT molecular complexity index is 358. The van der Waals surface area contributed by atoms with Crippen LogP contribution in [0.15, 0.2) is 22.7 Å². The zero-order chi connectivity index (χ0) is 10.6. The van der Waals surface area contributed by atoms with Crippen LogP contribution in [0.1, 0.15) is 24.0 Å². The number of benzene rings is 1. The van der Waals surface area contributed by atoms with Crippen LogP contribution in [0.25, 0.3) is 0 Å². The van der Waals surface area contributed by atoms with E-state index in [0.717, 1.165) is 0 Å². The van der Waals surface area contributed by atoms with E-state index in [-0.39, 0.29) is 12.0 Å². The molecule has 0 aliphatic heterocycles. The molecule has 0 N–H and O–H groups in total. The zero-order valence-corrected chi connectivity index (χ0v) is 8.89. The minimum atomic E-state index is -2.50. The van der Waals surface area contributed by atoms with E-state index >= 15 is 0 Å². The minimum absolute atomic E-state index is 0.00255. The third-order valence-electron chi connectivity index (χ3n) is 1.87. The molecule has 0 amide bonds. The molecule has 0 fully saturated rings. The number of rotatable bonds is 3. The van der Waals surface area contributed by atoms with E-state index < -0.39 is 6.43 Å². The average Bonchev–Trinajstić information content (AvgIpc) is 2.14. The Labute approximate surface area is 89.5 Å². The van der Waals surface area contributed by atoms with Gasteiger partial charge in [-0.25, -0.2) is 8.78 Å². The summed E-state index contributed by atoms with van der Waals surface area (Å²) >= 11 is 3.08. The number of nitriles is 1. The first-order valence-electron chi connectivity index (χ1n) is 4.09. The molecule has 0 bridgehead atoms. The minimum Gasteiger partial charge on any atom is -0.205 e. The fourth-order valence-electron chi connectivity index (χ4n) is 1.23. The van der Waals surface area contributed by atoms with Crippen LogP contribution >= 0.6 is 15.9 Å². The molecular weight excluding hydrogens is 252 g/mol. The molecule has 1 rings (SSSR count). The largest absolute Gasteiger partial charge is 0.265 e. The molecule has 0 heterocycles. The standard InChI is InChI=1S/C10H8BrF2N/c11-8-5-1-3-7(4-2-6-14)9(8)10(12)13/h1,3,5,10H,2,4H2. The van der Waals surface area contributed by atoms with E-state index in [2.05, 4.69) is 15.9 Å². The van der Waals surface area contributed by atoms with Crippen LogP contribution in [-0.4, -0.2) is 0 Å². The van der Waals surface area contributed by atoms with Gasteiger partial charge in [-0.3, -0.25) is 0 Å². The molecule has 0 radical (unpaired) electrons. The molecule has 1 nitrogen and oxygen atoms in total. The van der Waals surface area contributed by atoms with Crippen LogP contribution in [0.5, 0.6) is 0 Å². The van der Waals surface area contributed by atoms with Crippen molar-refractivity contribution >= 4 is 15.9 Å². The number of hydrogen-bond donors (Lipinski definition) is 0. The Morgan fingerprint density at radius 3 is 2.71 bits per heavy atom. The maximum atomic E-state index is 12.6. The van der Waals surface area contributed by atoms with E-state index in [1.54, 1.807) is 18.2 Å². The number of halogens is 3. The highest BCUT2D eigenvalue weighted by atomic mass is 79.9. The van der Waals surface area contributed by atoms with Crippen LogP contribution in [0.4, 0.5) is 8.78 Å². The highest BCUT2D eigenvalue weighted by Crippen LogP contribution is 2.31. The van der Waals surface area contributed by atoms with Crippen molar-refractivity contribution in [2.75, 3.05) is 0 Å². The molecular formula is C10H8BrF2N. The predicted molar refractivity (Wildman–Crippen MR) is 53.0 cm³/mol. The first-order valence-corrected chi connectivity index (χ1v) is 4.88. The first kappa shape index (κ1) is 11.1. The molecule has 0 aliphatic carbocycles. The lowest BCUT2D eigenvalue weighted by Crippen LogP contribution is -1.95. The van der Waals surface area contributed by atoms with Gasteiger partial charge in [0.1, 0.15) is 0 Å². The van der Waals surface area contributed by atoms with Crippen LogP contribution < -0.4 is 0 Å². The van der Waals surface area contributed by atoms with E-state index in [1.807, 2.05) is 6.07 Å². The fraction of sp³-hybridized carbons (Fsp3) is 0.300. The molecule has 0 aromatic heterocycles. The quantitative estimate of drug-likeness (QED) is 0.809. The van der Waals surface area contributed by atoms with Crippen molar-refractivity contribution < 1.29 is 8.78 Å². The second kappa shape index (κ2) is 5.06. The third kappa shape index (κ3) is 2.52. The summed E-state index contributed by atoms with van der Waals surface area (Å²) in [5.74, 6) is 0. The monoisotopic (exact) mass is 259 g/mol. The predicted octanol–water partition coefficient (Wildman–Crippen LogP) is 3.84. The lowest BCUT2D eigenvalue weighted by Gasteiger charge is -2.08. The average molecular weight is 260 g/mol. The van der Waals surface area contributed by atoms with Gasteiger partial charge in [-0.05, 0) is 18.1 Å². The summed E-state index contributed by atoms with van der Waals surface area (Å²) < 4.78 is 25.6. The van der Waals surface area contributed by atoms with Gasteiger partial charge in [0.05, 0.1) is 6.07 Å². The van der Waals surface area contributed by atoms with E-state index in [0.29, 0.717) is 16.5 Å². The van der Waals surface area contributed by atoms with Gasteiger partial charge in [0.2, 0.25) is 0 Å². The van der Waals surface area contributed by atoms with Crippen molar-refractivity contribution in [2.24, 2.45) is 0 Å². The van der Waals surface area contributed by atoms with Gasteiger partial charge in [-0.1, -0.05) is 28.1 Å². The number of aryl methyl sites for hydroxylation is 1. The summed E-state index contributed by atoms with van der Waals surface area (Å²) in [5.41, 5.74) is 0.540. The van der Waals surface area contributed by atoms with Crippen molar-refractivity contribution in [1.29, 1.82) is 5.26 Å². The highest BCUT2D eigenvalue weighted by Gasteiger charge is 2.15. The van der Waals surface area contributed by atoms with E-state index in [1.165, 1.54) is 0 Å². The van der Waals surface area contributed by atoms with E-state index in [9.17, 15) is 8.78 Å². The molecule has 1 aromatic rings. The van der Waals surface area contributed by atoms with Crippen molar-refractivity contribution in [2.45, 2.75) is 19.3 Å². The van der Waals surface area contributed by atoms with Crippen molar-refractivity contribution in [1.82, 2.24) is 0 Å². The van der Waals surface area contributed by atoms with Gasteiger partial charge in [0.15, 0.2) is 0 Å². The molecule has 0 aliphatic rings. The van der Waals surface area contributed by atoms with Crippen molar-refractivity contribution in [3.63, 3.8) is 0 Å². The molecule has 0 atom stereocenters. The number of nitrogens with zero attached hydrogens (tertiary/aromatic N) is 1. The van der Waals surface area contributed by atoms with Crippen LogP contribution in [0, 0.1) is 11.3 Å². The molecule has 1 aromatic carbocycles. The topological polar surface area (TPSA) is 23.8 Å². The maximum Gasteiger partial charge on any atom is 0.265 e. The summed E-state index contributed by atoms with van der Waals surface area (Å²) in [5, 5.41) is 8.38. The fourth-order valence-corrected chi connectivity index (χ4v) is 1.81. The van der Waals surface area contributed by atoms with Crippen LogP contribution in [-0.2, 0) is 6.42 Å². The lowest BCUT2D eigenvalue weighted by molar-refractivity contribution is 0.149. The SMILES string of the molecule is N#CCCc1cccc(Br)c1C(F)F. The second-order valence-electron chi connectivity index (χ2n) is 2.77. The molecule has 0 saturated heterocycles. The number of hydrogen-bond acceptors (Lipinski definition) is 1. The van der Waals surface area contributed by atoms with Crippen molar-refractivity contribution in [3.05, 3.63) is 33.8 Å². The van der Waals surface area contributed by atoms with Gasteiger partial charge >= 0.3 is 0 Å². The summed E-state index contributed by atoms with van der Waals surface area (Å²) in [6.45, 7) is 0. The van der Waals surface area contributed by atoms with Crippen molar-refractivity contribution in [3.8, 4) is 6.07 Å². The zero-order valence-electron chi connectivity index (χ0n) is 7.30. The highest BCUT2D eigenvalue weighted by molar-refractivity contribution is 9.10. The van der Waals surface area contributed by atoms with Gasteiger partial charge in [-0.15, -0.1) is 0 Å². The third-order valence-corrected chi connectivity index (χ3v) is 2.56.